The summed E-state index contributed by atoms with van der Waals surface area (Å²) in [6.45, 7) is 6.57. The SMILES string of the molecule is CCC(=O)N1CCc2cc(S(=O)(=O)Nc3ccc(S(=O)(=O)N(CC)CC)cc3)ccc21. The fourth-order valence-electron chi connectivity index (χ4n) is 3.62. The zero-order chi connectivity index (χ0) is 22.8. The van der Waals surface area contributed by atoms with E-state index in [-0.39, 0.29) is 21.4 Å². The normalized spacial score (nSPS) is 14.0. The van der Waals surface area contributed by atoms with Crippen LogP contribution in [0.3, 0.4) is 0 Å². The van der Waals surface area contributed by atoms with Crippen LogP contribution in [0.25, 0.3) is 0 Å². The fraction of sp³-hybridized carbons (Fsp3) is 0.381. The van der Waals surface area contributed by atoms with Crippen molar-refractivity contribution in [3.63, 3.8) is 0 Å². The number of sulfonamides is 2. The highest BCUT2D eigenvalue weighted by atomic mass is 32.2. The van der Waals surface area contributed by atoms with E-state index >= 15 is 0 Å². The lowest BCUT2D eigenvalue weighted by atomic mass is 10.2. The summed E-state index contributed by atoms with van der Waals surface area (Å²) in [5, 5.41) is 0. The molecule has 3 rings (SSSR count). The molecule has 0 radical (unpaired) electrons. The van der Waals surface area contributed by atoms with E-state index in [1.165, 1.54) is 34.6 Å². The molecule has 0 aliphatic carbocycles. The van der Waals surface area contributed by atoms with Crippen molar-refractivity contribution in [1.29, 1.82) is 0 Å². The number of nitrogens with one attached hydrogen (secondary N) is 1. The molecule has 31 heavy (non-hydrogen) atoms. The molecule has 1 heterocycles. The van der Waals surface area contributed by atoms with Gasteiger partial charge in [-0.1, -0.05) is 20.8 Å². The minimum atomic E-state index is -3.87. The maximum atomic E-state index is 12.8. The fourth-order valence-corrected chi connectivity index (χ4v) is 6.18. The summed E-state index contributed by atoms with van der Waals surface area (Å²) in [7, 11) is -7.48. The summed E-state index contributed by atoms with van der Waals surface area (Å²) in [5.41, 5.74) is 1.82. The number of carbonyl (C=O) groups is 1. The molecule has 0 unspecified atom stereocenters. The molecule has 0 saturated carbocycles. The van der Waals surface area contributed by atoms with Crippen LogP contribution in [-0.4, -0.2) is 46.7 Å². The van der Waals surface area contributed by atoms with Crippen molar-refractivity contribution in [3.8, 4) is 0 Å². The van der Waals surface area contributed by atoms with Crippen LogP contribution in [0.4, 0.5) is 11.4 Å². The molecule has 0 fully saturated rings. The topological polar surface area (TPSA) is 104 Å². The van der Waals surface area contributed by atoms with E-state index in [4.69, 9.17) is 0 Å². The second-order valence-electron chi connectivity index (χ2n) is 7.16. The Bertz CT molecular complexity index is 1170. The molecule has 10 heteroatoms. The van der Waals surface area contributed by atoms with Gasteiger partial charge in [0.15, 0.2) is 0 Å². The summed E-state index contributed by atoms with van der Waals surface area (Å²) in [4.78, 5) is 13.9. The molecule has 1 amide bonds. The van der Waals surface area contributed by atoms with Gasteiger partial charge in [-0.15, -0.1) is 0 Å². The highest BCUT2D eigenvalue weighted by Crippen LogP contribution is 2.31. The highest BCUT2D eigenvalue weighted by Gasteiger charge is 2.26. The van der Waals surface area contributed by atoms with Crippen LogP contribution in [0.1, 0.15) is 32.8 Å². The van der Waals surface area contributed by atoms with Gasteiger partial charge in [0.05, 0.1) is 9.79 Å². The molecule has 1 N–H and O–H groups in total. The molecule has 0 aromatic heterocycles. The van der Waals surface area contributed by atoms with Gasteiger partial charge in [0.2, 0.25) is 15.9 Å². The van der Waals surface area contributed by atoms with Gasteiger partial charge in [-0.3, -0.25) is 9.52 Å². The monoisotopic (exact) mass is 465 g/mol. The van der Waals surface area contributed by atoms with Gasteiger partial charge in [0.25, 0.3) is 10.0 Å². The van der Waals surface area contributed by atoms with Crippen LogP contribution in [0, 0.1) is 0 Å². The van der Waals surface area contributed by atoms with E-state index in [0.29, 0.717) is 32.5 Å². The Morgan fingerprint density at radius 3 is 2.16 bits per heavy atom. The number of benzene rings is 2. The summed E-state index contributed by atoms with van der Waals surface area (Å²) in [6.07, 6.45) is 0.989. The minimum Gasteiger partial charge on any atom is -0.312 e. The third kappa shape index (κ3) is 4.60. The summed E-state index contributed by atoms with van der Waals surface area (Å²) >= 11 is 0. The lowest BCUT2D eigenvalue weighted by molar-refractivity contribution is -0.118. The number of carbonyl (C=O) groups excluding carboxylic acids is 1. The molecule has 0 spiro atoms. The van der Waals surface area contributed by atoms with E-state index in [1.54, 1.807) is 37.8 Å². The molecule has 168 valence electrons. The van der Waals surface area contributed by atoms with Crippen molar-refractivity contribution in [2.45, 2.75) is 43.4 Å². The zero-order valence-electron chi connectivity index (χ0n) is 17.8. The van der Waals surface area contributed by atoms with Crippen LogP contribution in [0.15, 0.2) is 52.3 Å². The van der Waals surface area contributed by atoms with Gasteiger partial charge in [-0.2, -0.15) is 4.31 Å². The summed E-state index contributed by atoms with van der Waals surface area (Å²) in [6, 6.07) is 10.4. The van der Waals surface area contributed by atoms with Gasteiger partial charge >= 0.3 is 0 Å². The molecule has 0 saturated heterocycles. The van der Waals surface area contributed by atoms with E-state index in [0.717, 1.165) is 11.3 Å². The molecule has 2 aromatic rings. The third-order valence-corrected chi connectivity index (χ3v) is 8.75. The van der Waals surface area contributed by atoms with E-state index in [9.17, 15) is 21.6 Å². The molecule has 8 nitrogen and oxygen atoms in total. The highest BCUT2D eigenvalue weighted by molar-refractivity contribution is 7.92. The molecular formula is C21H27N3O5S2. The van der Waals surface area contributed by atoms with Crippen LogP contribution in [-0.2, 0) is 31.3 Å². The molecular weight excluding hydrogens is 438 g/mol. The second-order valence-corrected chi connectivity index (χ2v) is 10.8. The van der Waals surface area contributed by atoms with Crippen molar-refractivity contribution in [3.05, 3.63) is 48.0 Å². The quantitative estimate of drug-likeness (QED) is 0.646. The summed E-state index contributed by atoms with van der Waals surface area (Å²) in [5.74, 6) is 0.00670. The Hall–Kier alpha value is -2.43. The maximum absolute atomic E-state index is 12.8. The Morgan fingerprint density at radius 1 is 0.968 bits per heavy atom. The first-order valence-electron chi connectivity index (χ1n) is 10.2. The number of nitrogens with zero attached hydrogens (tertiary/aromatic N) is 2. The van der Waals surface area contributed by atoms with E-state index in [1.807, 2.05) is 0 Å². The molecule has 0 atom stereocenters. The third-order valence-electron chi connectivity index (χ3n) is 5.31. The van der Waals surface area contributed by atoms with Crippen LogP contribution in [0.5, 0.6) is 0 Å². The minimum absolute atomic E-state index is 0.00670. The van der Waals surface area contributed by atoms with Gasteiger partial charge in [0, 0.05) is 37.4 Å². The predicted octanol–water partition coefficient (Wildman–Crippen LogP) is 2.82. The van der Waals surface area contributed by atoms with Gasteiger partial charge in [-0.25, -0.2) is 16.8 Å². The molecule has 0 bridgehead atoms. The van der Waals surface area contributed by atoms with Crippen molar-refractivity contribution in [2.75, 3.05) is 29.3 Å². The standard InChI is InChI=1S/C21H27N3O5S2/c1-4-21(25)24-14-13-16-15-19(11-12-20(16)24)30(26,27)22-17-7-9-18(10-8-17)31(28,29)23(5-2)6-3/h7-12,15,22H,4-6,13-14H2,1-3H3. The number of amides is 1. The number of hydrogen-bond acceptors (Lipinski definition) is 5. The van der Waals surface area contributed by atoms with Crippen LogP contribution >= 0.6 is 0 Å². The lowest BCUT2D eigenvalue weighted by Crippen LogP contribution is -2.30. The number of rotatable bonds is 8. The smallest absolute Gasteiger partial charge is 0.261 e. The van der Waals surface area contributed by atoms with Crippen LogP contribution < -0.4 is 9.62 Å². The summed E-state index contributed by atoms with van der Waals surface area (Å²) < 4.78 is 54.7. The molecule has 2 aromatic carbocycles. The van der Waals surface area contributed by atoms with E-state index < -0.39 is 20.0 Å². The number of anilines is 2. The van der Waals surface area contributed by atoms with Gasteiger partial charge in [-0.05, 0) is 54.4 Å². The maximum Gasteiger partial charge on any atom is 0.261 e. The van der Waals surface area contributed by atoms with Crippen LogP contribution in [0.2, 0.25) is 0 Å². The first-order chi connectivity index (χ1) is 14.6. The van der Waals surface area contributed by atoms with Gasteiger partial charge in [0.1, 0.15) is 0 Å². The Labute approximate surface area is 184 Å². The number of hydrogen-bond donors (Lipinski definition) is 1. The van der Waals surface area contributed by atoms with Crippen molar-refractivity contribution >= 4 is 37.3 Å². The van der Waals surface area contributed by atoms with E-state index in [2.05, 4.69) is 4.72 Å². The Balaban J connectivity index is 1.81. The lowest BCUT2D eigenvalue weighted by Gasteiger charge is -2.18. The van der Waals surface area contributed by atoms with Gasteiger partial charge < -0.3 is 4.90 Å². The second kappa shape index (κ2) is 8.97. The average molecular weight is 466 g/mol. The first-order valence-corrected chi connectivity index (χ1v) is 13.1. The Kier molecular flexibility index (Phi) is 6.73. The predicted molar refractivity (Wildman–Crippen MR) is 120 cm³/mol. The number of fused-ring (bicyclic) bond motifs is 1. The Morgan fingerprint density at radius 2 is 1.58 bits per heavy atom. The largest absolute Gasteiger partial charge is 0.312 e. The molecule has 1 aliphatic rings. The molecule has 1 aliphatic heterocycles. The van der Waals surface area contributed by atoms with Crippen molar-refractivity contribution in [2.24, 2.45) is 0 Å². The first kappa shape index (κ1) is 23.2. The van der Waals surface area contributed by atoms with Crippen molar-refractivity contribution < 1.29 is 21.6 Å². The van der Waals surface area contributed by atoms with Crippen molar-refractivity contribution in [1.82, 2.24) is 4.31 Å². The zero-order valence-corrected chi connectivity index (χ0v) is 19.5. The average Bonchev–Trinajstić information content (AvgIpc) is 3.17.